The number of aromatic nitrogens is 2. The summed E-state index contributed by atoms with van der Waals surface area (Å²) in [6, 6.07) is -0.711. The Bertz CT molecular complexity index is 477. The first-order valence-electron chi connectivity index (χ1n) is 6.95. The molecule has 0 spiro atoms. The standard InChI is InChI=1S/C13H20N4O4/c1-2-3-17(11-7-21-6-10(11)12(18)19)13(20)15-5-9-4-14-8-16-9/h4,8,10-11H,2-3,5-7H2,1H3,(H,14,16)(H,15,20)(H,18,19). The number of ether oxygens (including phenoxy) is 1. The van der Waals surface area contributed by atoms with E-state index in [1.54, 1.807) is 11.1 Å². The molecule has 1 aliphatic heterocycles. The van der Waals surface area contributed by atoms with Gasteiger partial charge in [-0.25, -0.2) is 9.78 Å². The second-order valence-corrected chi connectivity index (χ2v) is 4.98. The quantitative estimate of drug-likeness (QED) is 0.705. The van der Waals surface area contributed by atoms with Crippen molar-refractivity contribution in [2.45, 2.75) is 25.9 Å². The lowest BCUT2D eigenvalue weighted by molar-refractivity contribution is -0.142. The monoisotopic (exact) mass is 296 g/mol. The number of hydrogen-bond acceptors (Lipinski definition) is 4. The molecule has 1 fully saturated rings. The Morgan fingerprint density at radius 2 is 2.38 bits per heavy atom. The van der Waals surface area contributed by atoms with E-state index in [-0.39, 0.29) is 19.2 Å². The lowest BCUT2D eigenvalue weighted by Crippen LogP contribution is -2.50. The van der Waals surface area contributed by atoms with E-state index < -0.39 is 17.9 Å². The zero-order valence-corrected chi connectivity index (χ0v) is 11.9. The molecule has 0 saturated carbocycles. The van der Waals surface area contributed by atoms with Crippen molar-refractivity contribution in [2.24, 2.45) is 5.92 Å². The average molecular weight is 296 g/mol. The fourth-order valence-corrected chi connectivity index (χ4v) is 2.40. The van der Waals surface area contributed by atoms with Gasteiger partial charge in [0.2, 0.25) is 0 Å². The summed E-state index contributed by atoms with van der Waals surface area (Å²) >= 11 is 0. The number of H-pyrrole nitrogens is 1. The molecule has 2 heterocycles. The molecule has 8 nitrogen and oxygen atoms in total. The molecule has 21 heavy (non-hydrogen) atoms. The third-order valence-electron chi connectivity index (χ3n) is 3.48. The third kappa shape index (κ3) is 3.72. The van der Waals surface area contributed by atoms with E-state index in [2.05, 4.69) is 15.3 Å². The second-order valence-electron chi connectivity index (χ2n) is 4.98. The van der Waals surface area contributed by atoms with Crippen LogP contribution in [0.3, 0.4) is 0 Å². The van der Waals surface area contributed by atoms with E-state index in [4.69, 9.17) is 4.74 Å². The van der Waals surface area contributed by atoms with Gasteiger partial charge in [-0.05, 0) is 6.42 Å². The summed E-state index contributed by atoms with van der Waals surface area (Å²) in [7, 11) is 0. The maximum Gasteiger partial charge on any atom is 0.318 e. The Balaban J connectivity index is 1.99. The highest BCUT2D eigenvalue weighted by Gasteiger charge is 2.39. The minimum Gasteiger partial charge on any atom is -0.481 e. The number of imidazole rings is 1. The number of carboxylic acid groups (broad SMARTS) is 1. The fourth-order valence-electron chi connectivity index (χ4n) is 2.40. The van der Waals surface area contributed by atoms with Gasteiger partial charge in [-0.2, -0.15) is 0 Å². The fraction of sp³-hybridized carbons (Fsp3) is 0.615. The number of nitrogens with zero attached hydrogens (tertiary/aromatic N) is 2. The van der Waals surface area contributed by atoms with E-state index in [0.717, 1.165) is 12.1 Å². The Kier molecular flexibility index (Phi) is 5.15. The normalized spacial score (nSPS) is 21.2. The van der Waals surface area contributed by atoms with Crippen molar-refractivity contribution in [3.63, 3.8) is 0 Å². The van der Waals surface area contributed by atoms with Gasteiger partial charge in [-0.3, -0.25) is 4.79 Å². The lowest BCUT2D eigenvalue weighted by atomic mass is 10.0. The minimum atomic E-state index is -0.931. The number of carbonyl (C=O) groups is 2. The number of carboxylic acids is 1. The maximum absolute atomic E-state index is 12.3. The molecule has 0 aliphatic carbocycles. The number of nitrogens with one attached hydrogen (secondary N) is 2. The summed E-state index contributed by atoms with van der Waals surface area (Å²) in [5.74, 6) is -1.60. The van der Waals surface area contributed by atoms with Crippen LogP contribution in [0.4, 0.5) is 4.79 Å². The second kappa shape index (κ2) is 7.07. The van der Waals surface area contributed by atoms with Crippen LogP contribution in [0.5, 0.6) is 0 Å². The summed E-state index contributed by atoms with van der Waals surface area (Å²) in [5, 5.41) is 12.0. The molecule has 2 rings (SSSR count). The van der Waals surface area contributed by atoms with Crippen LogP contribution in [0, 0.1) is 5.92 Å². The number of aliphatic carboxylic acids is 1. The van der Waals surface area contributed by atoms with Crippen molar-refractivity contribution in [3.8, 4) is 0 Å². The number of hydrogen-bond donors (Lipinski definition) is 3. The van der Waals surface area contributed by atoms with Gasteiger partial charge >= 0.3 is 12.0 Å². The van der Waals surface area contributed by atoms with Gasteiger partial charge in [0, 0.05) is 12.7 Å². The van der Waals surface area contributed by atoms with E-state index in [9.17, 15) is 14.7 Å². The summed E-state index contributed by atoms with van der Waals surface area (Å²) in [6.45, 7) is 3.17. The van der Waals surface area contributed by atoms with Crippen molar-refractivity contribution in [1.29, 1.82) is 0 Å². The van der Waals surface area contributed by atoms with Crippen molar-refractivity contribution in [3.05, 3.63) is 18.2 Å². The van der Waals surface area contributed by atoms with Crippen molar-refractivity contribution in [2.75, 3.05) is 19.8 Å². The Morgan fingerprint density at radius 1 is 1.57 bits per heavy atom. The Morgan fingerprint density at radius 3 is 3.00 bits per heavy atom. The van der Waals surface area contributed by atoms with Gasteiger partial charge in [0.1, 0.15) is 5.92 Å². The molecule has 8 heteroatoms. The maximum atomic E-state index is 12.3. The van der Waals surface area contributed by atoms with Crippen LogP contribution in [0.25, 0.3) is 0 Å². The molecule has 1 saturated heterocycles. The predicted octanol–water partition coefficient (Wildman–Crippen LogP) is 0.431. The number of rotatable bonds is 6. The van der Waals surface area contributed by atoms with E-state index >= 15 is 0 Å². The molecule has 2 atom stereocenters. The van der Waals surface area contributed by atoms with Crippen LogP contribution in [-0.4, -0.2) is 57.8 Å². The topological polar surface area (TPSA) is 108 Å². The Hall–Kier alpha value is -2.09. The van der Waals surface area contributed by atoms with Crippen molar-refractivity contribution in [1.82, 2.24) is 20.2 Å². The third-order valence-corrected chi connectivity index (χ3v) is 3.48. The zero-order valence-electron chi connectivity index (χ0n) is 11.9. The summed E-state index contributed by atoms with van der Waals surface area (Å²) < 4.78 is 5.24. The zero-order chi connectivity index (χ0) is 15.2. The van der Waals surface area contributed by atoms with E-state index in [1.165, 1.54) is 6.33 Å². The molecule has 3 N–H and O–H groups in total. The number of urea groups is 1. The summed E-state index contributed by atoms with van der Waals surface area (Å²) in [4.78, 5) is 31.9. The first-order valence-corrected chi connectivity index (χ1v) is 6.95. The minimum absolute atomic E-state index is 0.147. The molecule has 2 unspecified atom stereocenters. The van der Waals surface area contributed by atoms with Crippen LogP contribution >= 0.6 is 0 Å². The van der Waals surface area contributed by atoms with E-state index in [0.29, 0.717) is 13.1 Å². The van der Waals surface area contributed by atoms with Crippen LogP contribution in [0.2, 0.25) is 0 Å². The van der Waals surface area contributed by atoms with Crippen LogP contribution in [-0.2, 0) is 16.1 Å². The number of aromatic amines is 1. The molecule has 1 aliphatic rings. The van der Waals surface area contributed by atoms with Crippen LogP contribution in [0.1, 0.15) is 19.0 Å². The molecule has 0 radical (unpaired) electrons. The van der Waals surface area contributed by atoms with E-state index in [1.807, 2.05) is 6.92 Å². The molecule has 0 aromatic carbocycles. The Labute approximate surface area is 122 Å². The average Bonchev–Trinajstić information content (AvgIpc) is 3.12. The van der Waals surface area contributed by atoms with Crippen molar-refractivity contribution < 1.29 is 19.4 Å². The molecule has 0 bridgehead atoms. The highest BCUT2D eigenvalue weighted by atomic mass is 16.5. The molecule has 1 aromatic heterocycles. The summed E-state index contributed by atoms with van der Waals surface area (Å²) in [6.07, 6.45) is 3.92. The SMILES string of the molecule is CCCN(C(=O)NCc1cnc[nH]1)C1COCC1C(=O)O. The first-order chi connectivity index (χ1) is 10.1. The first kappa shape index (κ1) is 15.3. The summed E-state index contributed by atoms with van der Waals surface area (Å²) in [5.41, 5.74) is 0.789. The molecular weight excluding hydrogens is 276 g/mol. The highest BCUT2D eigenvalue weighted by molar-refractivity contribution is 5.77. The smallest absolute Gasteiger partial charge is 0.318 e. The van der Waals surface area contributed by atoms with Gasteiger partial charge in [-0.15, -0.1) is 0 Å². The molecule has 1 aromatic rings. The van der Waals surface area contributed by atoms with Gasteiger partial charge in [0.25, 0.3) is 0 Å². The van der Waals surface area contributed by atoms with Gasteiger partial charge in [0.05, 0.1) is 37.8 Å². The van der Waals surface area contributed by atoms with Gasteiger partial charge in [0.15, 0.2) is 0 Å². The number of amides is 2. The molecule has 2 amide bonds. The molecule has 116 valence electrons. The lowest BCUT2D eigenvalue weighted by Gasteiger charge is -2.30. The van der Waals surface area contributed by atoms with Crippen molar-refractivity contribution >= 4 is 12.0 Å². The van der Waals surface area contributed by atoms with Gasteiger partial charge in [-0.1, -0.05) is 6.92 Å². The number of carbonyl (C=O) groups excluding carboxylic acids is 1. The van der Waals surface area contributed by atoms with Crippen LogP contribution < -0.4 is 5.32 Å². The highest BCUT2D eigenvalue weighted by Crippen LogP contribution is 2.20. The molecular formula is C13H20N4O4. The van der Waals surface area contributed by atoms with Crippen LogP contribution in [0.15, 0.2) is 12.5 Å². The largest absolute Gasteiger partial charge is 0.481 e. The predicted molar refractivity (Wildman–Crippen MR) is 73.6 cm³/mol. The van der Waals surface area contributed by atoms with Gasteiger partial charge < -0.3 is 25.0 Å².